The largest absolute Gasteiger partial charge is 0.342 e. The van der Waals surface area contributed by atoms with Gasteiger partial charge in [-0.2, -0.15) is 0 Å². The number of imide groups is 1. The van der Waals surface area contributed by atoms with Crippen molar-refractivity contribution >= 4 is 11.8 Å². The van der Waals surface area contributed by atoms with Crippen LogP contribution >= 0.6 is 0 Å². The van der Waals surface area contributed by atoms with Gasteiger partial charge in [0.05, 0.1) is 0 Å². The highest BCUT2D eigenvalue weighted by Gasteiger charge is 2.62. The molecule has 8 nitrogen and oxygen atoms in total. The fourth-order valence-corrected chi connectivity index (χ4v) is 3.07. The molecule has 22 heavy (non-hydrogen) atoms. The first kappa shape index (κ1) is 15.8. The monoisotopic (exact) mass is 315 g/mol. The summed E-state index contributed by atoms with van der Waals surface area (Å²) in [5, 5.41) is 2.22. The summed E-state index contributed by atoms with van der Waals surface area (Å²) in [7, 11) is 0. The zero-order chi connectivity index (χ0) is 16.3. The van der Waals surface area contributed by atoms with Gasteiger partial charge in [0.25, 0.3) is 5.91 Å². The predicted octanol–water partition coefficient (Wildman–Crippen LogP) is 0.0456. The Morgan fingerprint density at radius 2 is 1.41 bits per heavy atom. The first-order valence-corrected chi connectivity index (χ1v) is 7.26. The molecule has 3 aliphatic rings. The lowest BCUT2D eigenvalue weighted by Gasteiger charge is -2.36. The quantitative estimate of drug-likeness (QED) is 0.730. The van der Waals surface area contributed by atoms with E-state index in [1.165, 1.54) is 6.92 Å². The van der Waals surface area contributed by atoms with Crippen molar-refractivity contribution in [3.8, 4) is 0 Å². The number of nitrogens with one attached hydrogen (secondary N) is 1. The average Bonchev–Trinajstić information content (AvgIpc) is 2.81. The number of fused-ring (bicyclic) bond motifs is 3. The van der Waals surface area contributed by atoms with Crippen LogP contribution in [-0.2, 0) is 33.3 Å². The summed E-state index contributed by atoms with van der Waals surface area (Å²) in [6.07, 6.45) is -3.44. The summed E-state index contributed by atoms with van der Waals surface area (Å²) in [6.45, 7) is 8.28. The van der Waals surface area contributed by atoms with E-state index in [2.05, 4.69) is 5.32 Å². The lowest BCUT2D eigenvalue weighted by Crippen LogP contribution is -2.59. The Balaban J connectivity index is 1.87. The number of carbonyl (C=O) groups excluding carboxylic acids is 2. The van der Waals surface area contributed by atoms with Crippen LogP contribution < -0.4 is 5.32 Å². The first-order valence-electron chi connectivity index (χ1n) is 7.26. The van der Waals surface area contributed by atoms with Crippen LogP contribution in [0.1, 0.15) is 34.6 Å². The molecule has 0 bridgehead atoms. The second kappa shape index (κ2) is 4.97. The van der Waals surface area contributed by atoms with E-state index >= 15 is 0 Å². The lowest BCUT2D eigenvalue weighted by molar-refractivity contribution is -0.231. The maximum atomic E-state index is 12.2. The lowest BCUT2D eigenvalue weighted by atomic mass is 9.98. The number of hydrogen-bond acceptors (Lipinski definition) is 7. The Morgan fingerprint density at radius 1 is 0.864 bits per heavy atom. The average molecular weight is 315 g/mol. The zero-order valence-corrected chi connectivity index (χ0v) is 13.2. The van der Waals surface area contributed by atoms with Gasteiger partial charge in [-0.05, 0) is 27.7 Å². The molecule has 3 saturated heterocycles. The Morgan fingerprint density at radius 3 is 2.05 bits per heavy atom. The smallest absolute Gasteiger partial charge is 0.258 e. The minimum atomic E-state index is -1.01. The maximum Gasteiger partial charge on any atom is 0.258 e. The summed E-state index contributed by atoms with van der Waals surface area (Å²) in [4.78, 5) is 23.4. The molecule has 0 radical (unpaired) electrons. The molecule has 0 aromatic rings. The molecule has 0 aliphatic carbocycles. The SMILES string of the molecule is CC(=O)NC(=O)[C@H]1O[C@@H]2OC(C)(C)O[C@@H]2[C@H]2OC(C)(C)O[C@H]21. The zero-order valence-electron chi connectivity index (χ0n) is 13.2. The third-order valence-corrected chi connectivity index (χ3v) is 3.71. The summed E-state index contributed by atoms with van der Waals surface area (Å²) >= 11 is 0. The molecular formula is C14H21NO7. The Hall–Kier alpha value is -1.06. The molecule has 1 N–H and O–H groups in total. The maximum absolute atomic E-state index is 12.2. The van der Waals surface area contributed by atoms with Crippen LogP contribution in [0.15, 0.2) is 0 Å². The van der Waals surface area contributed by atoms with Gasteiger partial charge in [-0.15, -0.1) is 0 Å². The molecule has 0 aromatic heterocycles. The van der Waals surface area contributed by atoms with Crippen molar-refractivity contribution in [2.75, 3.05) is 0 Å². The van der Waals surface area contributed by atoms with Gasteiger partial charge >= 0.3 is 0 Å². The fourth-order valence-electron chi connectivity index (χ4n) is 3.07. The van der Waals surface area contributed by atoms with Gasteiger partial charge in [0.1, 0.15) is 18.3 Å². The summed E-state index contributed by atoms with van der Waals surface area (Å²) in [5.41, 5.74) is 0. The highest BCUT2D eigenvalue weighted by atomic mass is 16.9. The minimum absolute atomic E-state index is 0.464. The Kier molecular flexibility index (Phi) is 3.57. The van der Waals surface area contributed by atoms with Gasteiger partial charge in [0, 0.05) is 6.92 Å². The molecular weight excluding hydrogens is 294 g/mol. The van der Waals surface area contributed by atoms with E-state index in [0.29, 0.717) is 0 Å². The van der Waals surface area contributed by atoms with E-state index in [1.54, 1.807) is 27.7 Å². The summed E-state index contributed by atoms with van der Waals surface area (Å²) < 4.78 is 28.8. The van der Waals surface area contributed by atoms with Crippen LogP contribution in [0, 0.1) is 0 Å². The molecule has 0 unspecified atom stereocenters. The second-order valence-electron chi connectivity index (χ2n) is 6.64. The van der Waals surface area contributed by atoms with Crippen molar-refractivity contribution in [1.82, 2.24) is 5.32 Å². The van der Waals surface area contributed by atoms with Crippen molar-refractivity contribution in [1.29, 1.82) is 0 Å². The van der Waals surface area contributed by atoms with E-state index in [9.17, 15) is 9.59 Å². The third-order valence-electron chi connectivity index (χ3n) is 3.71. The van der Waals surface area contributed by atoms with Gasteiger partial charge in [-0.1, -0.05) is 0 Å². The predicted molar refractivity (Wildman–Crippen MR) is 71.3 cm³/mol. The van der Waals surface area contributed by atoms with E-state index in [4.69, 9.17) is 23.7 Å². The van der Waals surface area contributed by atoms with Crippen LogP contribution in [0.5, 0.6) is 0 Å². The topological polar surface area (TPSA) is 92.3 Å². The van der Waals surface area contributed by atoms with Crippen molar-refractivity contribution in [3.63, 3.8) is 0 Å². The first-order chi connectivity index (χ1) is 10.1. The van der Waals surface area contributed by atoms with Gasteiger partial charge in [0.2, 0.25) is 5.91 Å². The molecule has 0 saturated carbocycles. The van der Waals surface area contributed by atoms with Crippen LogP contribution in [0.25, 0.3) is 0 Å². The standard InChI is InChI=1S/C14H21NO7/c1-6(16)15-11(17)9-7-8(20-13(2,3)19-7)10-12(18-9)22-14(4,5)21-10/h7-10,12H,1-5H3,(H,15,16,17)/t7-,8+,9+,10-,12-/m1/s1. The van der Waals surface area contributed by atoms with Gasteiger partial charge in [-0.3, -0.25) is 14.9 Å². The molecule has 5 atom stereocenters. The second-order valence-corrected chi connectivity index (χ2v) is 6.64. The van der Waals surface area contributed by atoms with E-state index < -0.39 is 54.1 Å². The summed E-state index contributed by atoms with van der Waals surface area (Å²) in [6, 6.07) is 0. The van der Waals surface area contributed by atoms with E-state index in [1.807, 2.05) is 0 Å². The highest BCUT2D eigenvalue weighted by Crippen LogP contribution is 2.44. The summed E-state index contributed by atoms with van der Waals surface area (Å²) in [5.74, 6) is -2.76. The van der Waals surface area contributed by atoms with Crippen LogP contribution in [0.3, 0.4) is 0 Å². The molecule has 0 aromatic carbocycles. The van der Waals surface area contributed by atoms with Crippen LogP contribution in [-0.4, -0.2) is 54.1 Å². The van der Waals surface area contributed by atoms with Crippen molar-refractivity contribution in [3.05, 3.63) is 0 Å². The van der Waals surface area contributed by atoms with Gasteiger partial charge in [0.15, 0.2) is 24.0 Å². The Labute approximate surface area is 128 Å². The number of hydrogen-bond donors (Lipinski definition) is 1. The third kappa shape index (κ3) is 2.77. The molecule has 124 valence electrons. The molecule has 8 heteroatoms. The number of amides is 2. The number of rotatable bonds is 1. The van der Waals surface area contributed by atoms with Crippen molar-refractivity contribution in [2.45, 2.75) is 76.9 Å². The number of carbonyl (C=O) groups is 2. The molecule has 3 heterocycles. The normalized spacial score (nSPS) is 41.6. The molecule has 2 amide bonds. The van der Waals surface area contributed by atoms with Crippen molar-refractivity contribution < 1.29 is 33.3 Å². The minimum Gasteiger partial charge on any atom is -0.342 e. The van der Waals surface area contributed by atoms with Crippen molar-refractivity contribution in [2.24, 2.45) is 0 Å². The van der Waals surface area contributed by atoms with Crippen LogP contribution in [0.4, 0.5) is 0 Å². The van der Waals surface area contributed by atoms with Gasteiger partial charge in [-0.25, -0.2) is 0 Å². The van der Waals surface area contributed by atoms with Gasteiger partial charge < -0.3 is 23.7 Å². The molecule has 3 aliphatic heterocycles. The molecule has 3 fully saturated rings. The fraction of sp³-hybridized carbons (Fsp3) is 0.857. The van der Waals surface area contributed by atoms with Crippen LogP contribution in [0.2, 0.25) is 0 Å². The van der Waals surface area contributed by atoms with E-state index in [-0.39, 0.29) is 0 Å². The highest BCUT2D eigenvalue weighted by molar-refractivity contribution is 5.96. The molecule has 0 spiro atoms. The number of ether oxygens (including phenoxy) is 5. The Bertz CT molecular complexity index is 503. The molecule has 3 rings (SSSR count). The van der Waals surface area contributed by atoms with E-state index in [0.717, 1.165) is 0 Å².